The molecule has 3 aromatic carbocycles. The number of furan rings is 1. The molecule has 0 radical (unpaired) electrons. The first-order valence-corrected chi connectivity index (χ1v) is 11.4. The van der Waals surface area contributed by atoms with E-state index < -0.39 is 5.82 Å². The van der Waals surface area contributed by atoms with Gasteiger partial charge in [-0.05, 0) is 72.8 Å². The SMILES string of the molecule is COc1ccc(-c2nc3cc(NC(=O)/C=C/c4ccc(-c5ccc(F)c(Cl)c5)o4)ccc3o2)cc1Cl. The highest BCUT2D eigenvalue weighted by molar-refractivity contribution is 6.32. The molecule has 2 heterocycles. The van der Waals surface area contributed by atoms with Crippen LogP contribution < -0.4 is 10.1 Å². The van der Waals surface area contributed by atoms with Crippen LogP contribution in [-0.2, 0) is 4.79 Å². The molecule has 0 unspecified atom stereocenters. The summed E-state index contributed by atoms with van der Waals surface area (Å²) in [6.45, 7) is 0. The standard InChI is InChI=1S/C27H17Cl2FN2O4/c1-34-24-8-3-16(13-20(24)29)27-32-22-14-17(4-9-25(22)36-27)31-26(33)11-6-18-5-10-23(35-18)15-2-7-21(30)19(28)12-15/h2-14H,1H3,(H,31,33)/b11-6+. The number of halogens is 3. The topological polar surface area (TPSA) is 77.5 Å². The zero-order chi connectivity index (χ0) is 25.2. The highest BCUT2D eigenvalue weighted by Gasteiger charge is 2.12. The molecule has 0 bridgehead atoms. The van der Waals surface area contributed by atoms with E-state index in [0.717, 1.165) is 0 Å². The first kappa shape index (κ1) is 23.7. The zero-order valence-electron chi connectivity index (χ0n) is 18.7. The molecule has 0 aliphatic rings. The Bertz CT molecular complexity index is 1620. The van der Waals surface area contributed by atoms with Crippen molar-refractivity contribution in [1.29, 1.82) is 0 Å². The molecule has 0 atom stereocenters. The van der Waals surface area contributed by atoms with Gasteiger partial charge in [-0.25, -0.2) is 9.37 Å². The lowest BCUT2D eigenvalue weighted by Crippen LogP contribution is -2.07. The molecule has 0 aliphatic carbocycles. The van der Waals surface area contributed by atoms with E-state index in [1.807, 2.05) is 0 Å². The maximum absolute atomic E-state index is 13.4. The summed E-state index contributed by atoms with van der Waals surface area (Å²) in [6, 6.07) is 18.1. The number of methoxy groups -OCH3 is 1. The van der Waals surface area contributed by atoms with E-state index in [1.54, 1.807) is 61.7 Å². The van der Waals surface area contributed by atoms with E-state index in [0.29, 0.717) is 56.1 Å². The maximum Gasteiger partial charge on any atom is 0.248 e. The van der Waals surface area contributed by atoms with Crippen LogP contribution in [0.3, 0.4) is 0 Å². The Hall–Kier alpha value is -4.07. The van der Waals surface area contributed by atoms with Crippen molar-refractivity contribution < 1.29 is 22.8 Å². The van der Waals surface area contributed by atoms with Gasteiger partial charge in [-0.2, -0.15) is 0 Å². The second-order valence-corrected chi connectivity index (χ2v) is 8.52. The number of rotatable bonds is 6. The first-order chi connectivity index (χ1) is 17.4. The molecule has 0 spiro atoms. The van der Waals surface area contributed by atoms with Crippen LogP contribution in [0, 0.1) is 5.82 Å². The van der Waals surface area contributed by atoms with Gasteiger partial charge in [-0.15, -0.1) is 0 Å². The number of amides is 1. The van der Waals surface area contributed by atoms with E-state index >= 15 is 0 Å². The van der Waals surface area contributed by atoms with Crippen LogP contribution in [0.5, 0.6) is 5.75 Å². The van der Waals surface area contributed by atoms with Gasteiger partial charge in [0.15, 0.2) is 5.58 Å². The van der Waals surface area contributed by atoms with E-state index in [-0.39, 0.29) is 10.9 Å². The van der Waals surface area contributed by atoms with Crippen molar-refractivity contribution >= 4 is 52.0 Å². The van der Waals surface area contributed by atoms with Gasteiger partial charge in [-0.1, -0.05) is 23.2 Å². The van der Waals surface area contributed by atoms with Crippen LogP contribution in [0.1, 0.15) is 5.76 Å². The minimum Gasteiger partial charge on any atom is -0.495 e. The van der Waals surface area contributed by atoms with Crippen LogP contribution >= 0.6 is 23.2 Å². The summed E-state index contributed by atoms with van der Waals surface area (Å²) in [5, 5.41) is 3.23. The van der Waals surface area contributed by atoms with Gasteiger partial charge >= 0.3 is 0 Å². The molecule has 0 saturated heterocycles. The van der Waals surface area contributed by atoms with Gasteiger partial charge in [0, 0.05) is 22.9 Å². The monoisotopic (exact) mass is 522 g/mol. The second-order valence-electron chi connectivity index (χ2n) is 7.70. The predicted octanol–water partition coefficient (Wildman–Crippen LogP) is 7.86. The molecule has 5 rings (SSSR count). The largest absolute Gasteiger partial charge is 0.495 e. The number of hydrogen-bond donors (Lipinski definition) is 1. The molecule has 5 aromatic rings. The smallest absolute Gasteiger partial charge is 0.248 e. The predicted molar refractivity (Wildman–Crippen MR) is 138 cm³/mol. The van der Waals surface area contributed by atoms with E-state index in [4.69, 9.17) is 36.8 Å². The van der Waals surface area contributed by atoms with Crippen LogP contribution in [0.4, 0.5) is 10.1 Å². The van der Waals surface area contributed by atoms with Crippen molar-refractivity contribution in [2.24, 2.45) is 0 Å². The average Bonchev–Trinajstić information content (AvgIpc) is 3.51. The van der Waals surface area contributed by atoms with E-state index in [2.05, 4.69) is 10.3 Å². The molecule has 0 fully saturated rings. The third-order valence-corrected chi connectivity index (χ3v) is 5.87. The highest BCUT2D eigenvalue weighted by Crippen LogP contribution is 2.32. The normalized spacial score (nSPS) is 11.3. The van der Waals surface area contributed by atoms with Gasteiger partial charge in [0.25, 0.3) is 0 Å². The van der Waals surface area contributed by atoms with Crippen molar-refractivity contribution in [3.8, 4) is 28.5 Å². The number of hydrogen-bond acceptors (Lipinski definition) is 5. The summed E-state index contributed by atoms with van der Waals surface area (Å²) in [7, 11) is 1.54. The summed E-state index contributed by atoms with van der Waals surface area (Å²) < 4.78 is 30.1. The lowest BCUT2D eigenvalue weighted by atomic mass is 10.2. The number of carbonyl (C=O) groups excluding carboxylic acids is 1. The summed E-state index contributed by atoms with van der Waals surface area (Å²) in [4.78, 5) is 16.9. The van der Waals surface area contributed by atoms with Gasteiger partial charge in [0.1, 0.15) is 28.6 Å². The number of fused-ring (bicyclic) bond motifs is 1. The fourth-order valence-electron chi connectivity index (χ4n) is 3.52. The molecule has 180 valence electrons. The molecule has 9 heteroatoms. The van der Waals surface area contributed by atoms with Crippen molar-refractivity contribution in [2.75, 3.05) is 12.4 Å². The zero-order valence-corrected chi connectivity index (χ0v) is 20.2. The Morgan fingerprint density at radius 2 is 1.78 bits per heavy atom. The molecule has 6 nitrogen and oxygen atoms in total. The Morgan fingerprint density at radius 1 is 0.972 bits per heavy atom. The number of anilines is 1. The minimum absolute atomic E-state index is 0.00405. The van der Waals surface area contributed by atoms with Crippen LogP contribution in [0.15, 0.2) is 81.6 Å². The Morgan fingerprint density at radius 3 is 2.56 bits per heavy atom. The van der Waals surface area contributed by atoms with Crippen molar-refractivity contribution in [2.45, 2.75) is 0 Å². The molecule has 1 N–H and O–H groups in total. The molecule has 0 saturated carbocycles. The summed E-state index contributed by atoms with van der Waals surface area (Å²) in [5.41, 5.74) is 3.02. The fraction of sp³-hybridized carbons (Fsp3) is 0.0370. The number of oxazole rings is 1. The van der Waals surface area contributed by atoms with E-state index in [1.165, 1.54) is 24.3 Å². The van der Waals surface area contributed by atoms with Crippen LogP contribution in [0.25, 0.3) is 40.0 Å². The number of nitrogens with one attached hydrogen (secondary N) is 1. The number of benzene rings is 3. The van der Waals surface area contributed by atoms with Crippen molar-refractivity contribution in [1.82, 2.24) is 4.98 Å². The Balaban J connectivity index is 1.28. The van der Waals surface area contributed by atoms with E-state index in [9.17, 15) is 9.18 Å². The quantitative estimate of drug-likeness (QED) is 0.229. The average molecular weight is 523 g/mol. The fourth-order valence-corrected chi connectivity index (χ4v) is 3.96. The molecule has 36 heavy (non-hydrogen) atoms. The van der Waals surface area contributed by atoms with Gasteiger partial charge in [-0.3, -0.25) is 4.79 Å². The molecule has 0 aliphatic heterocycles. The molecule has 2 aromatic heterocycles. The number of carbonyl (C=O) groups is 1. The molecule has 1 amide bonds. The lowest BCUT2D eigenvalue weighted by Gasteiger charge is -2.03. The summed E-state index contributed by atoms with van der Waals surface area (Å²) >= 11 is 12.0. The number of ether oxygens (including phenoxy) is 1. The summed E-state index contributed by atoms with van der Waals surface area (Å²) in [6.07, 6.45) is 2.88. The Labute approximate surface area is 214 Å². The number of nitrogens with zero attached hydrogens (tertiary/aromatic N) is 1. The third kappa shape index (κ3) is 4.98. The van der Waals surface area contributed by atoms with Crippen molar-refractivity contribution in [3.05, 3.63) is 94.4 Å². The number of aromatic nitrogens is 1. The van der Waals surface area contributed by atoms with Gasteiger partial charge in [0.05, 0.1) is 17.2 Å². The van der Waals surface area contributed by atoms with Crippen molar-refractivity contribution in [3.63, 3.8) is 0 Å². The van der Waals surface area contributed by atoms with Gasteiger partial charge < -0.3 is 18.9 Å². The highest BCUT2D eigenvalue weighted by atomic mass is 35.5. The minimum atomic E-state index is -0.506. The summed E-state index contributed by atoms with van der Waals surface area (Å²) in [5.74, 6) is 1.05. The third-order valence-electron chi connectivity index (χ3n) is 5.28. The van der Waals surface area contributed by atoms with Gasteiger partial charge in [0.2, 0.25) is 11.8 Å². The Kier molecular flexibility index (Phi) is 6.50. The molecular formula is C27H17Cl2FN2O4. The maximum atomic E-state index is 13.4. The second kappa shape index (κ2) is 9.89. The first-order valence-electron chi connectivity index (χ1n) is 10.7. The molecular weight excluding hydrogens is 506 g/mol. The van der Waals surface area contributed by atoms with Crippen LogP contribution in [0.2, 0.25) is 10.0 Å². The lowest BCUT2D eigenvalue weighted by molar-refractivity contribution is -0.111. The van der Waals surface area contributed by atoms with Crippen LogP contribution in [-0.4, -0.2) is 18.0 Å².